The second-order valence-corrected chi connectivity index (χ2v) is 7.34. The zero-order valence-electron chi connectivity index (χ0n) is 11.1. The predicted octanol–water partition coefficient (Wildman–Crippen LogP) is 2.96. The fourth-order valence-electron chi connectivity index (χ4n) is 1.81. The lowest BCUT2D eigenvalue weighted by Crippen LogP contribution is -2.21. The fourth-order valence-corrected chi connectivity index (χ4v) is 3.12. The molecule has 0 spiro atoms. The molecule has 0 fully saturated rings. The molecule has 5 nitrogen and oxygen atoms in total. The molecule has 1 atom stereocenters. The topological polar surface area (TPSA) is 98.2 Å². The van der Waals surface area contributed by atoms with E-state index in [2.05, 4.69) is 21.2 Å². The SMILES string of the molecule is N[C@H](Nc1cc(F)c(S(N)(=O)=O)cc1Cl)c1cccc(Br)c1. The number of rotatable bonds is 4. The average molecular weight is 409 g/mol. The van der Waals surface area contributed by atoms with Gasteiger partial charge in [-0.1, -0.05) is 39.7 Å². The monoisotopic (exact) mass is 407 g/mol. The Morgan fingerprint density at radius 1 is 1.27 bits per heavy atom. The molecule has 0 bridgehead atoms. The molecule has 0 saturated carbocycles. The summed E-state index contributed by atoms with van der Waals surface area (Å²) in [4.78, 5) is -0.668. The van der Waals surface area contributed by atoms with Gasteiger partial charge in [-0.2, -0.15) is 0 Å². The maximum Gasteiger partial charge on any atom is 0.241 e. The van der Waals surface area contributed by atoms with Gasteiger partial charge in [-0.25, -0.2) is 17.9 Å². The maximum atomic E-state index is 13.8. The second kappa shape index (κ2) is 6.51. The quantitative estimate of drug-likeness (QED) is 0.677. The van der Waals surface area contributed by atoms with E-state index in [1.165, 1.54) is 0 Å². The van der Waals surface area contributed by atoms with Crippen LogP contribution in [0.4, 0.5) is 10.1 Å². The van der Waals surface area contributed by atoms with Gasteiger partial charge in [-0.3, -0.25) is 0 Å². The molecular formula is C13H12BrClFN3O2S. The number of halogens is 3. The lowest BCUT2D eigenvalue weighted by molar-refractivity contribution is 0.568. The molecule has 0 aromatic heterocycles. The van der Waals surface area contributed by atoms with Gasteiger partial charge in [-0.05, 0) is 29.8 Å². The molecule has 2 aromatic rings. The van der Waals surface area contributed by atoms with E-state index in [1.807, 2.05) is 6.07 Å². The van der Waals surface area contributed by atoms with E-state index in [9.17, 15) is 12.8 Å². The highest BCUT2D eigenvalue weighted by atomic mass is 79.9. The Bertz CT molecular complexity index is 817. The van der Waals surface area contributed by atoms with Crippen LogP contribution in [-0.2, 0) is 10.0 Å². The number of sulfonamides is 1. The number of hydrogen-bond acceptors (Lipinski definition) is 4. The van der Waals surface area contributed by atoms with Crippen molar-refractivity contribution in [1.29, 1.82) is 0 Å². The Morgan fingerprint density at radius 2 is 1.95 bits per heavy atom. The first-order valence-corrected chi connectivity index (χ1v) is 8.69. The van der Waals surface area contributed by atoms with E-state index in [4.69, 9.17) is 22.5 Å². The minimum Gasteiger partial charge on any atom is -0.365 e. The van der Waals surface area contributed by atoms with Crippen molar-refractivity contribution in [3.8, 4) is 0 Å². The van der Waals surface area contributed by atoms with Crippen LogP contribution in [0.1, 0.15) is 11.7 Å². The van der Waals surface area contributed by atoms with Crippen LogP contribution in [0.2, 0.25) is 5.02 Å². The van der Waals surface area contributed by atoms with E-state index < -0.39 is 26.9 Å². The van der Waals surface area contributed by atoms with Crippen LogP contribution < -0.4 is 16.2 Å². The molecule has 0 saturated heterocycles. The third-order valence-electron chi connectivity index (χ3n) is 2.85. The Morgan fingerprint density at radius 3 is 2.55 bits per heavy atom. The summed E-state index contributed by atoms with van der Waals surface area (Å²) in [6, 6.07) is 9.10. The highest BCUT2D eigenvalue weighted by Gasteiger charge is 2.18. The van der Waals surface area contributed by atoms with Crippen molar-refractivity contribution in [2.45, 2.75) is 11.1 Å². The summed E-state index contributed by atoms with van der Waals surface area (Å²) >= 11 is 9.28. The van der Waals surface area contributed by atoms with Gasteiger partial charge >= 0.3 is 0 Å². The van der Waals surface area contributed by atoms with Gasteiger partial charge in [-0.15, -0.1) is 0 Å². The molecule has 0 radical (unpaired) electrons. The highest BCUT2D eigenvalue weighted by Crippen LogP contribution is 2.29. The van der Waals surface area contributed by atoms with E-state index in [0.29, 0.717) is 0 Å². The van der Waals surface area contributed by atoms with Crippen molar-refractivity contribution < 1.29 is 12.8 Å². The number of anilines is 1. The number of nitrogens with one attached hydrogen (secondary N) is 1. The summed E-state index contributed by atoms with van der Waals surface area (Å²) in [7, 11) is -4.18. The lowest BCUT2D eigenvalue weighted by atomic mass is 10.1. The predicted molar refractivity (Wildman–Crippen MR) is 87.5 cm³/mol. The molecule has 118 valence electrons. The van der Waals surface area contributed by atoms with Crippen molar-refractivity contribution in [1.82, 2.24) is 0 Å². The smallest absolute Gasteiger partial charge is 0.241 e. The maximum absolute atomic E-state index is 13.8. The molecular weight excluding hydrogens is 397 g/mol. The summed E-state index contributed by atoms with van der Waals surface area (Å²) in [6.45, 7) is 0. The van der Waals surface area contributed by atoms with Crippen LogP contribution in [0.5, 0.6) is 0 Å². The summed E-state index contributed by atoms with van der Waals surface area (Å²) in [6.07, 6.45) is -0.658. The number of primary sulfonamides is 1. The highest BCUT2D eigenvalue weighted by molar-refractivity contribution is 9.10. The molecule has 2 aromatic carbocycles. The third kappa shape index (κ3) is 3.96. The Kier molecular flexibility index (Phi) is 5.08. The first-order valence-electron chi connectivity index (χ1n) is 5.98. The van der Waals surface area contributed by atoms with E-state index >= 15 is 0 Å². The van der Waals surface area contributed by atoms with Gasteiger partial charge in [0.2, 0.25) is 10.0 Å². The number of hydrogen-bond donors (Lipinski definition) is 3. The molecule has 0 heterocycles. The molecule has 0 aliphatic heterocycles. The summed E-state index contributed by atoms with van der Waals surface area (Å²) < 4.78 is 37.1. The van der Waals surface area contributed by atoms with Crippen molar-refractivity contribution in [3.05, 3.63) is 57.3 Å². The van der Waals surface area contributed by atoms with Crippen molar-refractivity contribution >= 4 is 43.2 Å². The van der Waals surface area contributed by atoms with E-state index in [0.717, 1.165) is 22.2 Å². The second-order valence-electron chi connectivity index (χ2n) is 4.48. The van der Waals surface area contributed by atoms with Crippen molar-refractivity contribution in [3.63, 3.8) is 0 Å². The molecule has 0 unspecified atom stereocenters. The van der Waals surface area contributed by atoms with Crippen LogP contribution >= 0.6 is 27.5 Å². The van der Waals surface area contributed by atoms with Crippen LogP contribution in [0.3, 0.4) is 0 Å². The third-order valence-corrected chi connectivity index (χ3v) is 4.58. The Balaban J connectivity index is 2.33. The Labute approximate surface area is 140 Å². The molecule has 2 rings (SSSR count). The molecule has 0 amide bonds. The zero-order valence-corrected chi connectivity index (χ0v) is 14.2. The average Bonchev–Trinajstić information content (AvgIpc) is 2.41. The molecule has 22 heavy (non-hydrogen) atoms. The first-order chi connectivity index (χ1) is 10.2. The van der Waals surface area contributed by atoms with Crippen LogP contribution in [0.15, 0.2) is 45.8 Å². The van der Waals surface area contributed by atoms with Crippen LogP contribution in [0, 0.1) is 5.82 Å². The Hall–Kier alpha value is -1.19. The minimum absolute atomic E-state index is 0.00382. The fraction of sp³-hybridized carbons (Fsp3) is 0.0769. The number of benzene rings is 2. The molecule has 9 heteroatoms. The van der Waals surface area contributed by atoms with E-state index in [1.54, 1.807) is 18.2 Å². The normalized spacial score (nSPS) is 13.0. The van der Waals surface area contributed by atoms with Crippen molar-refractivity contribution in [2.24, 2.45) is 10.9 Å². The van der Waals surface area contributed by atoms with E-state index in [-0.39, 0.29) is 10.7 Å². The van der Waals surface area contributed by atoms with Gasteiger partial charge in [0.25, 0.3) is 0 Å². The minimum atomic E-state index is -4.18. The summed E-state index contributed by atoms with van der Waals surface area (Å²) in [5, 5.41) is 7.73. The van der Waals surface area contributed by atoms with Crippen LogP contribution in [0.25, 0.3) is 0 Å². The largest absolute Gasteiger partial charge is 0.365 e. The molecule has 0 aliphatic carbocycles. The van der Waals surface area contributed by atoms with Gasteiger partial charge in [0.1, 0.15) is 16.9 Å². The number of nitrogens with two attached hydrogens (primary N) is 2. The zero-order chi connectivity index (χ0) is 16.5. The van der Waals surface area contributed by atoms with Gasteiger partial charge < -0.3 is 11.1 Å². The van der Waals surface area contributed by atoms with Crippen molar-refractivity contribution in [2.75, 3.05) is 5.32 Å². The standard InChI is InChI=1S/C13H12BrClFN3O2S/c14-8-3-1-2-7(4-8)13(17)19-11-6-10(16)12(5-9(11)15)22(18,20)21/h1-6,13,19H,17H2,(H2,18,20,21)/t13-/m1/s1. The molecule has 0 aliphatic rings. The molecule has 5 N–H and O–H groups in total. The first kappa shape index (κ1) is 17.2. The van der Waals surface area contributed by atoms with Gasteiger partial charge in [0.05, 0.1) is 10.7 Å². The summed E-state index contributed by atoms with van der Waals surface area (Å²) in [5.41, 5.74) is 6.89. The summed E-state index contributed by atoms with van der Waals surface area (Å²) in [5.74, 6) is -1.00. The lowest BCUT2D eigenvalue weighted by Gasteiger charge is -2.17. The van der Waals surface area contributed by atoms with Crippen LogP contribution in [-0.4, -0.2) is 8.42 Å². The van der Waals surface area contributed by atoms with Gasteiger partial charge in [0.15, 0.2) is 0 Å². The van der Waals surface area contributed by atoms with Gasteiger partial charge in [0, 0.05) is 4.47 Å².